The Balaban J connectivity index is 1.58. The fourth-order valence-electron chi connectivity index (χ4n) is 3.01. The van der Waals surface area contributed by atoms with Crippen LogP contribution in [0.25, 0.3) is 0 Å². The lowest BCUT2D eigenvalue weighted by Gasteiger charge is -2.18. The highest BCUT2D eigenvalue weighted by Gasteiger charge is 2.26. The minimum absolute atomic E-state index is 0.0902. The Bertz CT molecular complexity index is 958. The van der Waals surface area contributed by atoms with E-state index in [1.807, 2.05) is 18.2 Å². The number of rotatable bonds is 3. The second kappa shape index (κ2) is 6.76. The average Bonchev–Trinajstić information content (AvgIpc) is 3.12. The first kappa shape index (κ1) is 16.0. The van der Waals surface area contributed by atoms with E-state index in [0.29, 0.717) is 23.4 Å². The van der Waals surface area contributed by atoms with Crippen LogP contribution in [-0.4, -0.2) is 28.3 Å². The molecule has 6 heteroatoms. The lowest BCUT2D eigenvalue weighted by atomic mass is 10.1. The standard InChI is InChI=1S/C20H16N4O2/c25-19(15-3-1-8-21-12-15)23-17-6-5-14-7-10-24(18(14)11-17)20(26)16-4-2-9-22-13-16/h1-6,8-9,11-13H,7,10H2,(H,23,25). The number of amides is 2. The second-order valence-electron chi connectivity index (χ2n) is 5.99. The Labute approximate surface area is 150 Å². The molecule has 3 heterocycles. The summed E-state index contributed by atoms with van der Waals surface area (Å²) < 4.78 is 0. The zero-order valence-electron chi connectivity index (χ0n) is 13.9. The average molecular weight is 344 g/mol. The molecule has 3 aromatic rings. The van der Waals surface area contributed by atoms with E-state index in [-0.39, 0.29) is 11.8 Å². The molecular formula is C20H16N4O2. The summed E-state index contributed by atoms with van der Waals surface area (Å²) in [6.45, 7) is 0.614. The van der Waals surface area contributed by atoms with Crippen molar-refractivity contribution >= 4 is 23.2 Å². The molecular weight excluding hydrogens is 328 g/mol. The molecule has 0 bridgehead atoms. The fraction of sp³-hybridized carbons (Fsp3) is 0.100. The van der Waals surface area contributed by atoms with Crippen LogP contribution in [0.1, 0.15) is 26.3 Å². The minimum Gasteiger partial charge on any atom is -0.322 e. The Morgan fingerprint density at radius 2 is 1.69 bits per heavy atom. The molecule has 0 saturated heterocycles. The summed E-state index contributed by atoms with van der Waals surface area (Å²) in [5.41, 5.74) is 3.58. The van der Waals surface area contributed by atoms with Gasteiger partial charge in [-0.2, -0.15) is 0 Å². The van der Waals surface area contributed by atoms with Gasteiger partial charge in [-0.25, -0.2) is 0 Å². The van der Waals surface area contributed by atoms with Gasteiger partial charge in [-0.1, -0.05) is 6.07 Å². The molecule has 1 aliphatic heterocycles. The van der Waals surface area contributed by atoms with Gasteiger partial charge in [0.05, 0.1) is 11.1 Å². The first-order valence-electron chi connectivity index (χ1n) is 8.28. The number of nitrogens with zero attached hydrogens (tertiary/aromatic N) is 3. The lowest BCUT2D eigenvalue weighted by molar-refractivity contribution is 0.0987. The van der Waals surface area contributed by atoms with Crippen molar-refractivity contribution in [1.82, 2.24) is 9.97 Å². The van der Waals surface area contributed by atoms with E-state index in [1.54, 1.807) is 47.8 Å². The quantitative estimate of drug-likeness (QED) is 0.793. The third-order valence-electron chi connectivity index (χ3n) is 4.32. The number of anilines is 2. The Kier molecular flexibility index (Phi) is 4.15. The van der Waals surface area contributed by atoms with Crippen molar-refractivity contribution in [2.45, 2.75) is 6.42 Å². The molecule has 2 aromatic heterocycles. The smallest absolute Gasteiger partial charge is 0.259 e. The van der Waals surface area contributed by atoms with Crippen molar-refractivity contribution in [3.63, 3.8) is 0 Å². The largest absolute Gasteiger partial charge is 0.322 e. The number of benzene rings is 1. The Hall–Kier alpha value is -3.54. The molecule has 1 aromatic carbocycles. The zero-order valence-corrected chi connectivity index (χ0v) is 13.9. The normalized spacial score (nSPS) is 12.5. The van der Waals surface area contributed by atoms with Crippen LogP contribution in [0.15, 0.2) is 67.3 Å². The van der Waals surface area contributed by atoms with Gasteiger partial charge in [-0.05, 0) is 48.4 Å². The van der Waals surface area contributed by atoms with Gasteiger partial charge in [0.1, 0.15) is 0 Å². The molecule has 0 atom stereocenters. The van der Waals surface area contributed by atoms with E-state index in [9.17, 15) is 9.59 Å². The first-order chi connectivity index (χ1) is 12.7. The number of hydrogen-bond acceptors (Lipinski definition) is 4. The minimum atomic E-state index is -0.235. The Morgan fingerprint density at radius 3 is 2.38 bits per heavy atom. The second-order valence-corrected chi connectivity index (χ2v) is 5.99. The van der Waals surface area contributed by atoms with Gasteiger partial charge in [0.25, 0.3) is 11.8 Å². The van der Waals surface area contributed by atoms with Crippen LogP contribution in [0.4, 0.5) is 11.4 Å². The zero-order chi connectivity index (χ0) is 17.9. The Morgan fingerprint density at radius 1 is 0.962 bits per heavy atom. The van der Waals surface area contributed by atoms with Crippen LogP contribution < -0.4 is 10.2 Å². The summed E-state index contributed by atoms with van der Waals surface area (Å²) in [7, 11) is 0. The monoisotopic (exact) mass is 344 g/mol. The van der Waals surface area contributed by atoms with Gasteiger partial charge in [0.15, 0.2) is 0 Å². The van der Waals surface area contributed by atoms with Crippen LogP contribution in [0.2, 0.25) is 0 Å². The fourth-order valence-corrected chi connectivity index (χ4v) is 3.01. The molecule has 26 heavy (non-hydrogen) atoms. The lowest BCUT2D eigenvalue weighted by Crippen LogP contribution is -2.29. The van der Waals surface area contributed by atoms with Crippen molar-refractivity contribution in [3.8, 4) is 0 Å². The summed E-state index contributed by atoms with van der Waals surface area (Å²) in [6, 6.07) is 12.6. The van der Waals surface area contributed by atoms with Crippen molar-refractivity contribution in [1.29, 1.82) is 0 Å². The molecule has 128 valence electrons. The van der Waals surface area contributed by atoms with E-state index in [0.717, 1.165) is 17.7 Å². The molecule has 2 amide bonds. The van der Waals surface area contributed by atoms with E-state index < -0.39 is 0 Å². The molecule has 6 nitrogen and oxygen atoms in total. The summed E-state index contributed by atoms with van der Waals surface area (Å²) in [5.74, 6) is -0.325. The predicted octanol–water partition coefficient (Wildman–Crippen LogP) is 2.93. The molecule has 0 spiro atoms. The summed E-state index contributed by atoms with van der Waals surface area (Å²) in [5, 5.41) is 2.86. The maximum absolute atomic E-state index is 12.8. The van der Waals surface area contributed by atoms with E-state index in [2.05, 4.69) is 15.3 Å². The van der Waals surface area contributed by atoms with Crippen LogP contribution >= 0.6 is 0 Å². The predicted molar refractivity (Wildman–Crippen MR) is 98.2 cm³/mol. The molecule has 0 unspecified atom stereocenters. The van der Waals surface area contributed by atoms with Gasteiger partial charge in [-0.3, -0.25) is 19.6 Å². The topological polar surface area (TPSA) is 75.2 Å². The number of nitrogens with one attached hydrogen (secondary N) is 1. The third kappa shape index (κ3) is 3.04. The number of carbonyl (C=O) groups excluding carboxylic acids is 2. The van der Waals surface area contributed by atoms with Crippen LogP contribution in [-0.2, 0) is 6.42 Å². The summed E-state index contributed by atoms with van der Waals surface area (Å²) in [6.07, 6.45) is 7.13. The van der Waals surface area contributed by atoms with Gasteiger partial charge in [0, 0.05) is 42.7 Å². The van der Waals surface area contributed by atoms with E-state index in [4.69, 9.17) is 0 Å². The summed E-state index contributed by atoms with van der Waals surface area (Å²) in [4.78, 5) is 34.8. The molecule has 0 radical (unpaired) electrons. The highest BCUT2D eigenvalue weighted by atomic mass is 16.2. The number of aromatic nitrogens is 2. The van der Waals surface area contributed by atoms with Gasteiger partial charge >= 0.3 is 0 Å². The molecule has 1 N–H and O–H groups in total. The molecule has 0 fully saturated rings. The van der Waals surface area contributed by atoms with Crippen molar-refractivity contribution in [3.05, 3.63) is 83.9 Å². The van der Waals surface area contributed by atoms with Crippen molar-refractivity contribution in [2.24, 2.45) is 0 Å². The molecule has 0 saturated carbocycles. The van der Waals surface area contributed by atoms with Gasteiger partial charge < -0.3 is 10.2 Å². The first-order valence-corrected chi connectivity index (χ1v) is 8.28. The van der Waals surface area contributed by atoms with Gasteiger partial charge in [-0.15, -0.1) is 0 Å². The van der Waals surface area contributed by atoms with Gasteiger partial charge in [0.2, 0.25) is 0 Å². The van der Waals surface area contributed by atoms with Crippen LogP contribution in [0.3, 0.4) is 0 Å². The molecule has 0 aliphatic carbocycles. The van der Waals surface area contributed by atoms with E-state index >= 15 is 0 Å². The van der Waals surface area contributed by atoms with Crippen molar-refractivity contribution < 1.29 is 9.59 Å². The molecule has 1 aliphatic rings. The highest BCUT2D eigenvalue weighted by molar-refractivity contribution is 6.08. The summed E-state index contributed by atoms with van der Waals surface area (Å²) >= 11 is 0. The maximum Gasteiger partial charge on any atom is 0.259 e. The third-order valence-corrected chi connectivity index (χ3v) is 4.32. The number of pyridine rings is 2. The maximum atomic E-state index is 12.8. The highest BCUT2D eigenvalue weighted by Crippen LogP contribution is 2.32. The number of carbonyl (C=O) groups is 2. The SMILES string of the molecule is O=C(Nc1ccc2c(c1)N(C(=O)c1cccnc1)CC2)c1cccnc1. The molecule has 4 rings (SSSR count). The van der Waals surface area contributed by atoms with Crippen LogP contribution in [0, 0.1) is 0 Å². The van der Waals surface area contributed by atoms with Crippen molar-refractivity contribution in [2.75, 3.05) is 16.8 Å². The number of hydrogen-bond donors (Lipinski definition) is 1. The number of fused-ring (bicyclic) bond motifs is 1. The van der Waals surface area contributed by atoms with E-state index in [1.165, 1.54) is 6.20 Å². The van der Waals surface area contributed by atoms with Crippen LogP contribution in [0.5, 0.6) is 0 Å².